The van der Waals surface area contributed by atoms with Crippen LogP contribution in [0.1, 0.15) is 226 Å². The molecular formula is C55H92O6. The number of unbranched alkanes of at least 4 members (excludes halogenated alkanes) is 19. The summed E-state index contributed by atoms with van der Waals surface area (Å²) in [6.45, 7) is 6.46. The van der Waals surface area contributed by atoms with Crippen LogP contribution in [0.2, 0.25) is 0 Å². The van der Waals surface area contributed by atoms with Crippen molar-refractivity contribution in [2.75, 3.05) is 13.2 Å². The summed E-state index contributed by atoms with van der Waals surface area (Å²) in [4.78, 5) is 37.9. The van der Waals surface area contributed by atoms with Gasteiger partial charge in [-0.2, -0.15) is 0 Å². The van der Waals surface area contributed by atoms with E-state index in [0.717, 1.165) is 103 Å². The Hall–Kier alpha value is -3.41. The topological polar surface area (TPSA) is 78.9 Å². The van der Waals surface area contributed by atoms with Gasteiger partial charge in [-0.05, 0) is 109 Å². The molecule has 0 spiro atoms. The van der Waals surface area contributed by atoms with Gasteiger partial charge in [0.1, 0.15) is 13.2 Å². The molecule has 0 aliphatic carbocycles. The van der Waals surface area contributed by atoms with Gasteiger partial charge < -0.3 is 14.2 Å². The van der Waals surface area contributed by atoms with E-state index in [-0.39, 0.29) is 37.5 Å². The van der Waals surface area contributed by atoms with Crippen LogP contribution in [0.15, 0.2) is 85.1 Å². The minimum absolute atomic E-state index is 0.105. The number of rotatable bonds is 44. The van der Waals surface area contributed by atoms with Crippen LogP contribution in [0.5, 0.6) is 0 Å². The minimum Gasteiger partial charge on any atom is -0.462 e. The van der Waals surface area contributed by atoms with Crippen molar-refractivity contribution < 1.29 is 28.6 Å². The Bertz CT molecular complexity index is 1200. The lowest BCUT2D eigenvalue weighted by Crippen LogP contribution is -2.30. The molecule has 1 atom stereocenters. The van der Waals surface area contributed by atoms with Gasteiger partial charge in [-0.25, -0.2) is 0 Å². The van der Waals surface area contributed by atoms with E-state index in [9.17, 15) is 14.4 Å². The van der Waals surface area contributed by atoms with E-state index < -0.39 is 6.10 Å². The van der Waals surface area contributed by atoms with Crippen LogP contribution in [0, 0.1) is 0 Å². The van der Waals surface area contributed by atoms with Crippen LogP contribution in [0.25, 0.3) is 0 Å². The average Bonchev–Trinajstić information content (AvgIpc) is 3.26. The molecule has 0 aromatic rings. The van der Waals surface area contributed by atoms with Gasteiger partial charge >= 0.3 is 17.9 Å². The van der Waals surface area contributed by atoms with Crippen LogP contribution in [-0.4, -0.2) is 37.2 Å². The maximum Gasteiger partial charge on any atom is 0.306 e. The van der Waals surface area contributed by atoms with Crippen molar-refractivity contribution in [3.05, 3.63) is 85.1 Å². The molecule has 0 aromatic heterocycles. The molecule has 6 heteroatoms. The van der Waals surface area contributed by atoms with E-state index in [1.165, 1.54) is 77.0 Å². The number of carbonyl (C=O) groups excluding carboxylic acids is 3. The third-order valence-corrected chi connectivity index (χ3v) is 10.3. The Morgan fingerprint density at radius 3 is 1.05 bits per heavy atom. The van der Waals surface area contributed by atoms with Crippen molar-refractivity contribution >= 4 is 17.9 Å². The van der Waals surface area contributed by atoms with Crippen molar-refractivity contribution in [1.82, 2.24) is 0 Å². The largest absolute Gasteiger partial charge is 0.462 e. The summed E-state index contributed by atoms with van der Waals surface area (Å²) in [5.41, 5.74) is 0. The Morgan fingerprint density at radius 2 is 0.623 bits per heavy atom. The molecule has 0 rings (SSSR count). The third kappa shape index (κ3) is 47.5. The number of ether oxygens (including phenoxy) is 3. The number of esters is 3. The molecule has 0 unspecified atom stereocenters. The highest BCUT2D eigenvalue weighted by molar-refractivity contribution is 5.71. The third-order valence-electron chi connectivity index (χ3n) is 10.3. The molecular weight excluding hydrogens is 757 g/mol. The maximum absolute atomic E-state index is 12.7. The van der Waals surface area contributed by atoms with E-state index in [2.05, 4.69) is 106 Å². The van der Waals surface area contributed by atoms with Crippen molar-refractivity contribution in [3.63, 3.8) is 0 Å². The van der Waals surface area contributed by atoms with Gasteiger partial charge in [-0.3, -0.25) is 14.4 Å². The van der Waals surface area contributed by atoms with Gasteiger partial charge in [-0.1, -0.05) is 183 Å². The van der Waals surface area contributed by atoms with Gasteiger partial charge in [0.2, 0.25) is 0 Å². The zero-order chi connectivity index (χ0) is 44.4. The van der Waals surface area contributed by atoms with E-state index in [1.807, 2.05) is 0 Å². The smallest absolute Gasteiger partial charge is 0.306 e. The zero-order valence-corrected chi connectivity index (χ0v) is 39.7. The lowest BCUT2D eigenvalue weighted by Gasteiger charge is -2.18. The Kier molecular flexibility index (Phi) is 46.5. The first kappa shape index (κ1) is 57.6. The summed E-state index contributed by atoms with van der Waals surface area (Å²) in [5, 5.41) is 0. The van der Waals surface area contributed by atoms with E-state index in [0.29, 0.717) is 19.3 Å². The normalized spacial score (nSPS) is 12.8. The fourth-order valence-corrected chi connectivity index (χ4v) is 6.50. The van der Waals surface area contributed by atoms with Gasteiger partial charge in [0, 0.05) is 19.3 Å². The summed E-state index contributed by atoms with van der Waals surface area (Å²) in [6, 6.07) is 0. The molecule has 0 bridgehead atoms. The van der Waals surface area contributed by atoms with Gasteiger partial charge in [-0.15, -0.1) is 0 Å². The molecule has 0 saturated carbocycles. The highest BCUT2D eigenvalue weighted by Crippen LogP contribution is 2.12. The quantitative estimate of drug-likeness (QED) is 0.0263. The highest BCUT2D eigenvalue weighted by atomic mass is 16.6. The number of hydrogen-bond donors (Lipinski definition) is 0. The second kappa shape index (κ2) is 49.2. The second-order valence-corrected chi connectivity index (χ2v) is 16.4. The minimum atomic E-state index is -0.807. The summed E-state index contributed by atoms with van der Waals surface area (Å²) < 4.78 is 16.7. The molecule has 0 saturated heterocycles. The first-order chi connectivity index (χ1) is 30.0. The van der Waals surface area contributed by atoms with Crippen LogP contribution in [0.4, 0.5) is 0 Å². The molecule has 0 amide bonds. The predicted molar refractivity (Wildman–Crippen MR) is 261 cm³/mol. The monoisotopic (exact) mass is 849 g/mol. The standard InChI is InChI=1S/C55H92O6/c1-4-7-10-13-16-19-22-24-26-27-29-31-34-36-39-42-45-48-54(57)60-51-52(61-55(58)49-46-43-40-37-32-21-18-15-12-9-6-3)50-59-53(56)47-44-41-38-35-33-30-28-25-23-20-17-14-11-8-5-2/h15-20,24-26,28-29,31,36,39,52H,4-14,21-23,27,30,32-35,37-38,40-51H2,1-3H3/b18-15-,19-16-,20-17-,26-24-,28-25-,31-29-,39-36-/t52-/m0/s1. The number of hydrogen-bond acceptors (Lipinski definition) is 6. The van der Waals surface area contributed by atoms with Gasteiger partial charge in [0.25, 0.3) is 0 Å². The van der Waals surface area contributed by atoms with Crippen molar-refractivity contribution in [2.24, 2.45) is 0 Å². The summed E-state index contributed by atoms with van der Waals surface area (Å²) in [6.07, 6.45) is 62.8. The highest BCUT2D eigenvalue weighted by Gasteiger charge is 2.19. The second-order valence-electron chi connectivity index (χ2n) is 16.4. The Morgan fingerprint density at radius 1 is 0.328 bits per heavy atom. The van der Waals surface area contributed by atoms with Crippen LogP contribution in [-0.2, 0) is 28.6 Å². The average molecular weight is 849 g/mol. The maximum atomic E-state index is 12.7. The van der Waals surface area contributed by atoms with E-state index in [4.69, 9.17) is 14.2 Å². The molecule has 6 nitrogen and oxygen atoms in total. The van der Waals surface area contributed by atoms with E-state index in [1.54, 1.807) is 0 Å². The summed E-state index contributed by atoms with van der Waals surface area (Å²) in [7, 11) is 0. The lowest BCUT2D eigenvalue weighted by atomic mass is 10.1. The predicted octanol–water partition coefficient (Wildman–Crippen LogP) is 16.4. The molecule has 0 aliphatic heterocycles. The van der Waals surface area contributed by atoms with Gasteiger partial charge in [0.05, 0.1) is 0 Å². The van der Waals surface area contributed by atoms with Gasteiger partial charge in [0.15, 0.2) is 6.10 Å². The van der Waals surface area contributed by atoms with Crippen molar-refractivity contribution in [3.8, 4) is 0 Å². The van der Waals surface area contributed by atoms with Crippen molar-refractivity contribution in [1.29, 1.82) is 0 Å². The molecule has 0 radical (unpaired) electrons. The molecule has 0 fully saturated rings. The zero-order valence-electron chi connectivity index (χ0n) is 39.7. The molecule has 348 valence electrons. The summed E-state index contributed by atoms with van der Waals surface area (Å²) in [5.74, 6) is -0.990. The molecule has 0 aromatic carbocycles. The van der Waals surface area contributed by atoms with Crippen LogP contribution >= 0.6 is 0 Å². The van der Waals surface area contributed by atoms with Crippen molar-refractivity contribution in [2.45, 2.75) is 232 Å². The fraction of sp³-hybridized carbons (Fsp3) is 0.691. The Labute approximate surface area is 375 Å². The fourth-order valence-electron chi connectivity index (χ4n) is 6.50. The SMILES string of the molecule is CCCC/C=C\CCCCCCCC(=O)O[C@H](COC(=O)CCC/C=C\C/C=C\C/C=C\C/C=C\CCCCC)COC(=O)CCCCCCC/C=C\C/C=C\CCCCC. The molecule has 0 heterocycles. The molecule has 0 aliphatic rings. The van der Waals surface area contributed by atoms with Crippen LogP contribution in [0.3, 0.4) is 0 Å². The lowest BCUT2D eigenvalue weighted by molar-refractivity contribution is -0.167. The van der Waals surface area contributed by atoms with Crippen LogP contribution < -0.4 is 0 Å². The number of carbonyl (C=O) groups is 3. The molecule has 0 N–H and O–H groups in total. The number of allylic oxidation sites excluding steroid dienone is 14. The molecule has 61 heavy (non-hydrogen) atoms. The first-order valence-corrected chi connectivity index (χ1v) is 25.1. The van der Waals surface area contributed by atoms with E-state index >= 15 is 0 Å². The Balaban J connectivity index is 4.49. The first-order valence-electron chi connectivity index (χ1n) is 25.1. The summed E-state index contributed by atoms with van der Waals surface area (Å²) >= 11 is 0.